The zero-order valence-corrected chi connectivity index (χ0v) is 20.4. The molecule has 1 fully saturated rings. The first-order chi connectivity index (χ1) is 15.0. The van der Waals surface area contributed by atoms with Gasteiger partial charge in [0.05, 0.1) is 18.2 Å². The molecule has 0 bridgehead atoms. The molecular formula is C25H31IN4O. The van der Waals surface area contributed by atoms with E-state index in [0.29, 0.717) is 18.2 Å². The van der Waals surface area contributed by atoms with Gasteiger partial charge in [-0.05, 0) is 77.7 Å². The van der Waals surface area contributed by atoms with Gasteiger partial charge < -0.3 is 11.1 Å². The number of nitrogens with two attached hydrogens (primary N) is 1. The number of rotatable bonds is 6. The highest BCUT2D eigenvalue weighted by molar-refractivity contribution is 14.1. The van der Waals surface area contributed by atoms with Crippen LogP contribution in [0, 0.1) is 9.49 Å². The summed E-state index contributed by atoms with van der Waals surface area (Å²) in [4.78, 5) is 22.3. The van der Waals surface area contributed by atoms with Crippen molar-refractivity contribution >= 4 is 45.7 Å². The van der Waals surface area contributed by atoms with Crippen LogP contribution in [0.15, 0.2) is 58.5 Å². The van der Waals surface area contributed by atoms with E-state index in [9.17, 15) is 4.79 Å². The SMILES string of the molecule is CN=C(NC(=O)Cc1ccc(I)cc1)C(=NC(C)c1ccc(N)cc1)C1CCCCC1. The van der Waals surface area contributed by atoms with Crippen LogP contribution >= 0.6 is 22.6 Å². The molecule has 1 atom stereocenters. The van der Waals surface area contributed by atoms with Crippen LogP contribution in [0.5, 0.6) is 0 Å². The van der Waals surface area contributed by atoms with Gasteiger partial charge >= 0.3 is 0 Å². The van der Waals surface area contributed by atoms with Gasteiger partial charge in [-0.2, -0.15) is 0 Å². The van der Waals surface area contributed by atoms with Crippen LogP contribution in [-0.2, 0) is 11.2 Å². The van der Waals surface area contributed by atoms with Crippen molar-refractivity contribution < 1.29 is 4.79 Å². The summed E-state index contributed by atoms with van der Waals surface area (Å²) >= 11 is 2.26. The predicted octanol–water partition coefficient (Wildman–Crippen LogP) is 5.34. The molecule has 2 aromatic carbocycles. The van der Waals surface area contributed by atoms with Crippen molar-refractivity contribution in [2.75, 3.05) is 12.8 Å². The van der Waals surface area contributed by atoms with Crippen molar-refractivity contribution in [3.05, 3.63) is 63.2 Å². The molecule has 2 aromatic rings. The first-order valence-electron chi connectivity index (χ1n) is 10.9. The van der Waals surface area contributed by atoms with Crippen molar-refractivity contribution in [2.24, 2.45) is 15.9 Å². The van der Waals surface area contributed by atoms with Gasteiger partial charge in [0.2, 0.25) is 5.91 Å². The summed E-state index contributed by atoms with van der Waals surface area (Å²) in [6.45, 7) is 2.08. The number of hydrogen-bond acceptors (Lipinski definition) is 4. The van der Waals surface area contributed by atoms with E-state index >= 15 is 0 Å². The maximum Gasteiger partial charge on any atom is 0.229 e. The molecule has 1 aliphatic carbocycles. The molecule has 0 aliphatic heterocycles. The lowest BCUT2D eigenvalue weighted by Crippen LogP contribution is -2.41. The average Bonchev–Trinajstić information content (AvgIpc) is 2.78. The van der Waals surface area contributed by atoms with Crippen LogP contribution in [0.25, 0.3) is 0 Å². The number of halogens is 1. The van der Waals surface area contributed by atoms with E-state index in [4.69, 9.17) is 10.7 Å². The monoisotopic (exact) mass is 530 g/mol. The molecule has 3 rings (SSSR count). The highest BCUT2D eigenvalue weighted by Crippen LogP contribution is 2.28. The van der Waals surface area contributed by atoms with Gasteiger partial charge in [0.1, 0.15) is 5.84 Å². The number of carbonyl (C=O) groups is 1. The number of amidine groups is 1. The number of carbonyl (C=O) groups excluding carboxylic acids is 1. The fourth-order valence-corrected chi connectivity index (χ4v) is 4.35. The summed E-state index contributed by atoms with van der Waals surface area (Å²) in [5, 5.41) is 3.05. The van der Waals surface area contributed by atoms with E-state index in [-0.39, 0.29) is 11.9 Å². The number of nitrogen functional groups attached to an aromatic ring is 1. The molecule has 164 valence electrons. The molecule has 0 radical (unpaired) electrons. The highest BCUT2D eigenvalue weighted by Gasteiger charge is 2.25. The van der Waals surface area contributed by atoms with Gasteiger partial charge in [0.25, 0.3) is 0 Å². The second-order valence-electron chi connectivity index (χ2n) is 8.12. The largest absolute Gasteiger partial charge is 0.399 e. The van der Waals surface area contributed by atoms with Gasteiger partial charge in [-0.1, -0.05) is 43.5 Å². The first-order valence-corrected chi connectivity index (χ1v) is 12.0. The van der Waals surface area contributed by atoms with Crippen molar-refractivity contribution in [2.45, 2.75) is 51.5 Å². The Kier molecular flexibility index (Phi) is 8.63. The third-order valence-electron chi connectivity index (χ3n) is 5.75. The Morgan fingerprint density at radius 3 is 2.35 bits per heavy atom. The lowest BCUT2D eigenvalue weighted by molar-refractivity contribution is -0.119. The second kappa shape index (κ2) is 11.4. The van der Waals surface area contributed by atoms with Crippen molar-refractivity contribution in [1.29, 1.82) is 0 Å². The topological polar surface area (TPSA) is 79.8 Å². The van der Waals surface area contributed by atoms with E-state index in [1.165, 1.54) is 19.3 Å². The van der Waals surface area contributed by atoms with Crippen LogP contribution in [0.3, 0.4) is 0 Å². The number of hydrogen-bond donors (Lipinski definition) is 2. The van der Waals surface area contributed by atoms with Crippen LogP contribution in [0.4, 0.5) is 5.69 Å². The Morgan fingerprint density at radius 2 is 1.74 bits per heavy atom. The van der Waals surface area contributed by atoms with Crippen LogP contribution < -0.4 is 11.1 Å². The van der Waals surface area contributed by atoms with Crippen molar-refractivity contribution in [1.82, 2.24) is 5.32 Å². The van der Waals surface area contributed by atoms with Crippen LogP contribution in [-0.4, -0.2) is 24.5 Å². The van der Waals surface area contributed by atoms with Crippen LogP contribution in [0.1, 0.15) is 56.2 Å². The Morgan fingerprint density at radius 1 is 1.10 bits per heavy atom. The maximum absolute atomic E-state index is 12.8. The number of amides is 1. The van der Waals surface area contributed by atoms with Gasteiger partial charge in [-0.25, -0.2) is 0 Å². The molecule has 5 nitrogen and oxygen atoms in total. The summed E-state index contributed by atoms with van der Waals surface area (Å²) in [7, 11) is 1.73. The van der Waals surface area contributed by atoms with E-state index in [0.717, 1.165) is 38.9 Å². The molecule has 0 saturated heterocycles. The van der Waals surface area contributed by atoms with Crippen LogP contribution in [0.2, 0.25) is 0 Å². The van der Waals surface area contributed by atoms with Crippen molar-refractivity contribution in [3.63, 3.8) is 0 Å². The molecular weight excluding hydrogens is 499 g/mol. The molecule has 0 heterocycles. The lowest BCUT2D eigenvalue weighted by atomic mass is 9.85. The zero-order valence-electron chi connectivity index (χ0n) is 18.3. The fourth-order valence-electron chi connectivity index (χ4n) is 3.99. The Bertz CT molecular complexity index is 929. The summed E-state index contributed by atoms with van der Waals surface area (Å²) in [6, 6.07) is 15.8. The summed E-state index contributed by atoms with van der Waals surface area (Å²) in [5.74, 6) is 0.859. The summed E-state index contributed by atoms with van der Waals surface area (Å²) < 4.78 is 1.15. The quantitative estimate of drug-likeness (QED) is 0.229. The highest BCUT2D eigenvalue weighted by atomic mass is 127. The Labute approximate surface area is 198 Å². The third kappa shape index (κ3) is 6.89. The van der Waals surface area contributed by atoms with E-state index in [1.54, 1.807) is 7.05 Å². The zero-order chi connectivity index (χ0) is 22.2. The van der Waals surface area contributed by atoms with Gasteiger partial charge in [-0.15, -0.1) is 0 Å². The standard InChI is InChI=1S/C25H31IN4O/c1-17(19-10-14-22(27)15-11-19)29-24(20-6-4-3-5-7-20)25(28-2)30-23(31)16-18-8-12-21(26)13-9-18/h8-15,17,20H,3-7,16,27H2,1-2H3,(H,28,30,31). The molecule has 0 spiro atoms. The predicted molar refractivity (Wildman–Crippen MR) is 138 cm³/mol. The van der Waals surface area contributed by atoms with E-state index in [2.05, 4.69) is 39.8 Å². The molecule has 6 heteroatoms. The van der Waals surface area contributed by atoms with Gasteiger partial charge in [-0.3, -0.25) is 14.8 Å². The number of nitrogens with one attached hydrogen (secondary N) is 1. The summed E-state index contributed by atoms with van der Waals surface area (Å²) in [6.07, 6.45) is 6.12. The molecule has 3 N–H and O–H groups in total. The average molecular weight is 530 g/mol. The minimum absolute atomic E-state index is 0.0395. The van der Waals surface area contributed by atoms with E-state index in [1.807, 2.05) is 48.5 Å². The van der Waals surface area contributed by atoms with Crippen molar-refractivity contribution in [3.8, 4) is 0 Å². The number of nitrogens with zero attached hydrogens (tertiary/aromatic N) is 2. The minimum Gasteiger partial charge on any atom is -0.399 e. The Hall–Kier alpha value is -2.22. The molecule has 1 unspecified atom stereocenters. The fraction of sp³-hybridized carbons (Fsp3) is 0.400. The Balaban J connectivity index is 1.81. The van der Waals surface area contributed by atoms with Gasteiger partial charge in [0, 0.05) is 22.2 Å². The number of benzene rings is 2. The second-order valence-corrected chi connectivity index (χ2v) is 9.36. The maximum atomic E-state index is 12.8. The van der Waals surface area contributed by atoms with Gasteiger partial charge in [0.15, 0.2) is 0 Å². The lowest BCUT2D eigenvalue weighted by Gasteiger charge is -2.25. The minimum atomic E-state index is -0.0644. The molecule has 31 heavy (non-hydrogen) atoms. The van der Waals surface area contributed by atoms with E-state index < -0.39 is 0 Å². The third-order valence-corrected chi connectivity index (χ3v) is 6.46. The molecule has 1 aliphatic rings. The number of aliphatic imine (C=N–C) groups is 2. The molecule has 0 aromatic heterocycles. The normalized spacial score (nSPS) is 16.7. The smallest absolute Gasteiger partial charge is 0.229 e. The molecule has 1 amide bonds. The summed E-state index contributed by atoms with van der Waals surface area (Å²) in [5.41, 5.74) is 9.59. The molecule has 1 saturated carbocycles. The number of anilines is 1. The first kappa shape index (κ1) is 23.4.